The maximum atomic E-state index is 12.7. The van der Waals surface area contributed by atoms with Gasteiger partial charge in [0.1, 0.15) is 5.75 Å². The number of rotatable bonds is 3. The summed E-state index contributed by atoms with van der Waals surface area (Å²) in [5.74, 6) is 0.504. The summed E-state index contributed by atoms with van der Waals surface area (Å²) in [5, 5.41) is 10.6. The number of carbonyl (C=O) groups excluding carboxylic acids is 1. The largest absolute Gasteiger partial charge is 0.496 e. The third-order valence-corrected chi connectivity index (χ3v) is 5.14. The van der Waals surface area contributed by atoms with Gasteiger partial charge < -0.3 is 14.7 Å². The van der Waals surface area contributed by atoms with Crippen molar-refractivity contribution in [2.24, 2.45) is 0 Å². The number of benzene rings is 1. The van der Waals surface area contributed by atoms with Crippen LogP contribution in [0.3, 0.4) is 0 Å². The molecule has 2 aliphatic rings. The minimum absolute atomic E-state index is 0.0454. The molecule has 0 radical (unpaired) electrons. The Hall–Kier alpha value is -1.30. The molecule has 1 aliphatic carbocycles. The number of nitrogens with zero attached hydrogens (tertiary/aromatic N) is 2. The topological polar surface area (TPSA) is 53.0 Å². The number of ether oxygens (including phenoxy) is 1. The van der Waals surface area contributed by atoms with Crippen LogP contribution in [0.15, 0.2) is 18.2 Å². The minimum Gasteiger partial charge on any atom is -0.496 e. The van der Waals surface area contributed by atoms with Gasteiger partial charge in [-0.1, -0.05) is 11.6 Å². The van der Waals surface area contributed by atoms with E-state index >= 15 is 0 Å². The fraction of sp³-hybridized carbons (Fsp3) is 0.588. The highest BCUT2D eigenvalue weighted by molar-refractivity contribution is 6.31. The van der Waals surface area contributed by atoms with E-state index in [1.807, 2.05) is 4.90 Å². The number of carbonyl (C=O) groups is 1. The quantitative estimate of drug-likeness (QED) is 0.916. The van der Waals surface area contributed by atoms with E-state index in [1.165, 1.54) is 0 Å². The second-order valence-corrected chi connectivity index (χ2v) is 6.67. The molecule has 6 heteroatoms. The lowest BCUT2D eigenvalue weighted by atomic mass is 10.1. The molecule has 2 fully saturated rings. The summed E-state index contributed by atoms with van der Waals surface area (Å²) in [6, 6.07) is 5.36. The molecule has 126 valence electrons. The number of hydrogen-bond donors (Lipinski definition) is 1. The van der Waals surface area contributed by atoms with Crippen LogP contribution in [0.25, 0.3) is 0 Å². The maximum Gasteiger partial charge on any atom is 0.257 e. The second kappa shape index (κ2) is 7.07. The molecule has 1 N–H and O–H groups in total. The van der Waals surface area contributed by atoms with Crippen LogP contribution in [-0.4, -0.2) is 66.2 Å². The molecule has 3 rings (SSSR count). The molecule has 0 aromatic heterocycles. The predicted molar refractivity (Wildman–Crippen MR) is 89.1 cm³/mol. The van der Waals surface area contributed by atoms with Crippen molar-refractivity contribution in [1.82, 2.24) is 9.80 Å². The normalized spacial score (nSPS) is 25.6. The maximum absolute atomic E-state index is 12.7. The monoisotopic (exact) mass is 338 g/mol. The number of amides is 1. The van der Waals surface area contributed by atoms with Gasteiger partial charge in [-0.15, -0.1) is 0 Å². The van der Waals surface area contributed by atoms with Crippen molar-refractivity contribution in [1.29, 1.82) is 0 Å². The van der Waals surface area contributed by atoms with E-state index in [4.69, 9.17) is 16.3 Å². The van der Waals surface area contributed by atoms with E-state index in [1.54, 1.807) is 25.3 Å². The molecule has 5 nitrogen and oxygen atoms in total. The first kappa shape index (κ1) is 16.6. The highest BCUT2D eigenvalue weighted by Gasteiger charge is 2.33. The fourth-order valence-electron chi connectivity index (χ4n) is 3.62. The minimum atomic E-state index is -0.217. The predicted octanol–water partition coefficient (Wildman–Crippen LogP) is 2.02. The highest BCUT2D eigenvalue weighted by Crippen LogP contribution is 2.27. The molecule has 1 aromatic rings. The van der Waals surface area contributed by atoms with Crippen molar-refractivity contribution in [2.45, 2.75) is 31.4 Å². The average molecular weight is 339 g/mol. The summed E-state index contributed by atoms with van der Waals surface area (Å²) >= 11 is 6.02. The molecular weight excluding hydrogens is 316 g/mol. The van der Waals surface area contributed by atoms with E-state index in [-0.39, 0.29) is 18.1 Å². The summed E-state index contributed by atoms with van der Waals surface area (Å²) in [6.45, 7) is 2.93. The van der Waals surface area contributed by atoms with E-state index in [0.717, 1.165) is 32.4 Å². The summed E-state index contributed by atoms with van der Waals surface area (Å²) in [6.07, 6.45) is 2.82. The number of aliphatic hydroxyl groups excluding tert-OH is 1. The van der Waals surface area contributed by atoms with E-state index < -0.39 is 0 Å². The highest BCUT2D eigenvalue weighted by atomic mass is 35.5. The Morgan fingerprint density at radius 1 is 1.26 bits per heavy atom. The number of aliphatic hydroxyl groups is 1. The Bertz CT molecular complexity index is 573. The Balaban J connectivity index is 1.65. The van der Waals surface area contributed by atoms with Gasteiger partial charge in [-0.2, -0.15) is 0 Å². The van der Waals surface area contributed by atoms with Crippen LogP contribution in [0, 0.1) is 0 Å². The summed E-state index contributed by atoms with van der Waals surface area (Å²) in [5.41, 5.74) is 0.509. The Labute approximate surface area is 141 Å². The molecule has 1 aromatic carbocycles. The lowest BCUT2D eigenvalue weighted by Crippen LogP contribution is -2.53. The lowest BCUT2D eigenvalue weighted by Gasteiger charge is -2.39. The number of methoxy groups -OCH3 is 1. The molecule has 0 spiro atoms. The smallest absolute Gasteiger partial charge is 0.257 e. The van der Waals surface area contributed by atoms with Gasteiger partial charge in [0, 0.05) is 37.2 Å². The Morgan fingerprint density at radius 3 is 2.61 bits per heavy atom. The molecule has 2 atom stereocenters. The van der Waals surface area contributed by atoms with Crippen molar-refractivity contribution in [3.8, 4) is 5.75 Å². The van der Waals surface area contributed by atoms with Crippen molar-refractivity contribution >= 4 is 17.5 Å². The van der Waals surface area contributed by atoms with Gasteiger partial charge >= 0.3 is 0 Å². The molecular formula is C17H23ClN2O3. The SMILES string of the molecule is COc1ccc(Cl)cc1C(=O)N1CCN([C@@H]2CCC[C@H]2O)CC1. The number of halogens is 1. The molecule has 1 heterocycles. The van der Waals surface area contributed by atoms with Crippen molar-refractivity contribution in [3.63, 3.8) is 0 Å². The third-order valence-electron chi connectivity index (χ3n) is 4.91. The Morgan fingerprint density at radius 2 is 2.00 bits per heavy atom. The van der Waals surface area contributed by atoms with Crippen LogP contribution in [0.5, 0.6) is 5.75 Å². The van der Waals surface area contributed by atoms with Crippen molar-refractivity contribution < 1.29 is 14.6 Å². The van der Waals surface area contributed by atoms with Crippen LogP contribution < -0.4 is 4.74 Å². The summed E-state index contributed by atoms with van der Waals surface area (Å²) in [4.78, 5) is 16.9. The van der Waals surface area contributed by atoms with E-state index in [2.05, 4.69) is 4.90 Å². The zero-order chi connectivity index (χ0) is 16.4. The summed E-state index contributed by atoms with van der Waals surface area (Å²) in [7, 11) is 1.55. The van der Waals surface area contributed by atoms with E-state index in [0.29, 0.717) is 29.4 Å². The van der Waals surface area contributed by atoms with Crippen LogP contribution >= 0.6 is 11.6 Å². The number of piperazine rings is 1. The van der Waals surface area contributed by atoms with Gasteiger partial charge in [0.25, 0.3) is 5.91 Å². The molecule has 1 saturated carbocycles. The van der Waals surface area contributed by atoms with Gasteiger partial charge in [0.15, 0.2) is 0 Å². The van der Waals surface area contributed by atoms with Gasteiger partial charge in [0.2, 0.25) is 0 Å². The number of hydrogen-bond acceptors (Lipinski definition) is 4. The zero-order valence-electron chi connectivity index (χ0n) is 13.4. The first-order valence-electron chi connectivity index (χ1n) is 8.15. The molecule has 1 aliphatic heterocycles. The third kappa shape index (κ3) is 3.47. The molecule has 0 unspecified atom stereocenters. The van der Waals surface area contributed by atoms with Crippen molar-refractivity contribution in [2.75, 3.05) is 33.3 Å². The van der Waals surface area contributed by atoms with Crippen LogP contribution in [0.1, 0.15) is 29.6 Å². The molecule has 23 heavy (non-hydrogen) atoms. The summed E-state index contributed by atoms with van der Waals surface area (Å²) < 4.78 is 5.28. The zero-order valence-corrected chi connectivity index (χ0v) is 14.1. The van der Waals surface area contributed by atoms with E-state index in [9.17, 15) is 9.90 Å². The van der Waals surface area contributed by atoms with Crippen molar-refractivity contribution in [3.05, 3.63) is 28.8 Å². The molecule has 0 bridgehead atoms. The second-order valence-electron chi connectivity index (χ2n) is 6.24. The van der Waals surface area contributed by atoms with Crippen LogP contribution in [0.2, 0.25) is 5.02 Å². The first-order chi connectivity index (χ1) is 11.1. The lowest BCUT2D eigenvalue weighted by molar-refractivity contribution is 0.0314. The van der Waals surface area contributed by atoms with Gasteiger partial charge in [-0.25, -0.2) is 0 Å². The average Bonchev–Trinajstić information content (AvgIpc) is 3.00. The van der Waals surface area contributed by atoms with Gasteiger partial charge in [-0.3, -0.25) is 9.69 Å². The first-order valence-corrected chi connectivity index (χ1v) is 8.53. The molecule has 1 saturated heterocycles. The molecule has 1 amide bonds. The Kier molecular flexibility index (Phi) is 5.09. The fourth-order valence-corrected chi connectivity index (χ4v) is 3.79. The van der Waals surface area contributed by atoms with Crippen LogP contribution in [0.4, 0.5) is 0 Å². The van der Waals surface area contributed by atoms with Crippen LogP contribution in [-0.2, 0) is 0 Å². The standard InChI is InChI=1S/C17H23ClN2O3/c1-23-16-6-5-12(18)11-13(16)17(22)20-9-7-19(8-10-20)14-3-2-4-15(14)21/h5-6,11,14-15,21H,2-4,7-10H2,1H3/t14-,15-/m1/s1. The van der Waals surface area contributed by atoms with Gasteiger partial charge in [0.05, 0.1) is 18.8 Å². The van der Waals surface area contributed by atoms with Gasteiger partial charge in [-0.05, 0) is 37.5 Å².